The lowest BCUT2D eigenvalue weighted by Crippen LogP contribution is -2.13. The highest BCUT2D eigenvalue weighted by Crippen LogP contribution is 2.61. The van der Waals surface area contributed by atoms with Crippen LogP contribution in [0.2, 0.25) is 0 Å². The van der Waals surface area contributed by atoms with Gasteiger partial charge in [0.1, 0.15) is 0 Å². The van der Waals surface area contributed by atoms with Gasteiger partial charge < -0.3 is 9.97 Å². The van der Waals surface area contributed by atoms with Crippen molar-refractivity contribution in [2.24, 2.45) is 0 Å². The second-order valence-corrected chi connectivity index (χ2v) is 16.5. The maximum absolute atomic E-state index is 3.61. The van der Waals surface area contributed by atoms with Crippen LogP contribution in [0, 0.1) is 0 Å². The first-order valence-corrected chi connectivity index (χ1v) is 20.0. The van der Waals surface area contributed by atoms with E-state index in [1.54, 1.807) is 62.7 Å². The number of hydrogen-bond donors (Lipinski definition) is 0. The molecule has 1 rings (SSSR count). The molecule has 0 spiro atoms. The molecule has 0 aliphatic carbocycles. The van der Waals surface area contributed by atoms with Gasteiger partial charge in [-0.25, -0.2) is 0 Å². The standard InChI is InChI=1S/C32H68P.C3H3N2/c1-5-9-13-17-18-19-20-21-22-23-24-28-32-33(29-25-14-10-6-2,30-26-15-11-7-3)31-27-16-12-8-4;1-2-5-3-4-1/h5-32H2,1-4H3;1-3H/q+1;-1. The molecule has 0 radical (unpaired) electrons. The summed E-state index contributed by atoms with van der Waals surface area (Å²) in [5, 5.41) is 0. The van der Waals surface area contributed by atoms with Crippen molar-refractivity contribution in [2.75, 3.05) is 24.6 Å². The van der Waals surface area contributed by atoms with E-state index in [1.807, 2.05) is 0 Å². The summed E-state index contributed by atoms with van der Waals surface area (Å²) in [6, 6.07) is 0. The molecular weight excluding hydrogens is 479 g/mol. The first-order chi connectivity index (χ1) is 18.7. The highest BCUT2D eigenvalue weighted by Gasteiger charge is 2.34. The Morgan fingerprint density at radius 1 is 0.421 bits per heavy atom. The molecule has 0 bridgehead atoms. The highest BCUT2D eigenvalue weighted by molar-refractivity contribution is 7.75. The number of imidazole rings is 1. The van der Waals surface area contributed by atoms with Crippen LogP contribution in [0.1, 0.15) is 182 Å². The lowest BCUT2D eigenvalue weighted by molar-refractivity contribution is 0.548. The maximum Gasteiger partial charge on any atom is 0.0594 e. The summed E-state index contributed by atoms with van der Waals surface area (Å²) in [4.78, 5) is 7.22. The number of nitrogens with zero attached hydrogens (tertiary/aromatic N) is 2. The Bertz CT molecular complexity index is 468. The molecule has 38 heavy (non-hydrogen) atoms. The highest BCUT2D eigenvalue weighted by atomic mass is 31.2. The molecule has 2 nitrogen and oxygen atoms in total. The molecule has 1 aromatic heterocycles. The Balaban J connectivity index is 0.00000242. The number of hydrogen-bond acceptors (Lipinski definition) is 1. The molecule has 0 aliphatic heterocycles. The summed E-state index contributed by atoms with van der Waals surface area (Å²) >= 11 is 0. The lowest BCUT2D eigenvalue weighted by atomic mass is 10.1. The molecule has 0 saturated carbocycles. The van der Waals surface area contributed by atoms with Crippen LogP contribution in [-0.2, 0) is 0 Å². The van der Waals surface area contributed by atoms with E-state index in [-0.39, 0.29) is 0 Å². The molecule has 0 amide bonds. The van der Waals surface area contributed by atoms with Gasteiger partial charge in [0.25, 0.3) is 0 Å². The van der Waals surface area contributed by atoms with E-state index in [4.69, 9.17) is 0 Å². The van der Waals surface area contributed by atoms with Gasteiger partial charge in [0.05, 0.1) is 24.6 Å². The first-order valence-electron chi connectivity index (χ1n) is 17.5. The monoisotopic (exact) mass is 551 g/mol. The van der Waals surface area contributed by atoms with E-state index in [9.17, 15) is 0 Å². The van der Waals surface area contributed by atoms with E-state index in [1.165, 1.54) is 135 Å². The van der Waals surface area contributed by atoms with Gasteiger partial charge in [-0.05, 0) is 51.4 Å². The average Bonchev–Trinajstić information content (AvgIpc) is 3.53. The minimum absolute atomic E-state index is 0.697. The summed E-state index contributed by atoms with van der Waals surface area (Å²) in [5.41, 5.74) is 0. The summed E-state index contributed by atoms with van der Waals surface area (Å²) < 4.78 is 0. The van der Waals surface area contributed by atoms with Crippen LogP contribution < -0.4 is 4.98 Å². The second-order valence-electron chi connectivity index (χ2n) is 12.0. The summed E-state index contributed by atoms with van der Waals surface area (Å²) in [6.07, 6.45) is 46.9. The van der Waals surface area contributed by atoms with Gasteiger partial charge in [-0.3, -0.25) is 0 Å². The van der Waals surface area contributed by atoms with Gasteiger partial charge in [0, 0.05) is 7.26 Å². The molecule has 0 N–H and O–H groups in total. The third kappa shape index (κ3) is 25.9. The Morgan fingerprint density at radius 2 is 0.711 bits per heavy atom. The molecule has 0 fully saturated rings. The number of aromatic nitrogens is 2. The van der Waals surface area contributed by atoms with Crippen molar-refractivity contribution in [1.29, 1.82) is 0 Å². The third-order valence-corrected chi connectivity index (χ3v) is 13.4. The molecule has 0 saturated heterocycles. The predicted octanol–water partition coefficient (Wildman–Crippen LogP) is 12.5. The van der Waals surface area contributed by atoms with E-state index >= 15 is 0 Å². The zero-order valence-corrected chi connectivity index (χ0v) is 27.8. The van der Waals surface area contributed by atoms with Crippen LogP contribution in [0.5, 0.6) is 0 Å². The zero-order valence-electron chi connectivity index (χ0n) is 26.9. The van der Waals surface area contributed by atoms with Crippen LogP contribution >= 0.6 is 7.26 Å². The molecule has 0 unspecified atom stereocenters. The van der Waals surface area contributed by atoms with Crippen molar-refractivity contribution in [2.45, 2.75) is 182 Å². The van der Waals surface area contributed by atoms with E-state index in [0.717, 1.165) is 0 Å². The maximum atomic E-state index is 3.61. The fraction of sp³-hybridized carbons (Fsp3) is 0.914. The van der Waals surface area contributed by atoms with E-state index < -0.39 is 7.26 Å². The predicted molar refractivity (Wildman–Crippen MR) is 177 cm³/mol. The fourth-order valence-corrected chi connectivity index (χ4v) is 10.7. The Labute approximate surface area is 242 Å². The topological polar surface area (TPSA) is 27.0 Å². The first kappa shape index (κ1) is 37.6. The van der Waals surface area contributed by atoms with Gasteiger partial charge in [-0.1, -0.05) is 149 Å². The second kappa shape index (κ2) is 31.2. The van der Waals surface area contributed by atoms with Gasteiger partial charge in [0.15, 0.2) is 0 Å². The Kier molecular flexibility index (Phi) is 30.9. The number of rotatable bonds is 28. The van der Waals surface area contributed by atoms with Crippen LogP contribution in [-0.4, -0.2) is 29.6 Å². The van der Waals surface area contributed by atoms with Gasteiger partial charge in [-0.15, -0.1) is 0 Å². The molecule has 1 heterocycles. The molecule has 0 aromatic carbocycles. The van der Waals surface area contributed by atoms with Gasteiger partial charge >= 0.3 is 0 Å². The molecule has 3 heteroatoms. The molecule has 1 aromatic rings. The van der Waals surface area contributed by atoms with Crippen LogP contribution in [0.3, 0.4) is 0 Å². The molecule has 226 valence electrons. The van der Waals surface area contributed by atoms with Crippen LogP contribution in [0.4, 0.5) is 0 Å². The molecular formula is C35H71N2P. The van der Waals surface area contributed by atoms with E-state index in [2.05, 4.69) is 37.7 Å². The third-order valence-electron chi connectivity index (χ3n) is 8.32. The summed E-state index contributed by atoms with van der Waals surface area (Å²) in [6.45, 7) is 9.41. The fourth-order valence-electron chi connectivity index (χ4n) is 5.77. The SMILES string of the molecule is CCCCCCCCCCCCCC[P+](CCCCCC)(CCCCCC)CCCCCC.c1c[n-]cn1. The normalized spacial score (nSPS) is 11.5. The quantitative estimate of drug-likeness (QED) is 0.0766. The summed E-state index contributed by atoms with van der Waals surface area (Å²) in [7, 11) is -0.697. The molecule has 0 aliphatic rings. The van der Waals surface area contributed by atoms with Crippen molar-refractivity contribution in [3.63, 3.8) is 0 Å². The van der Waals surface area contributed by atoms with Crippen LogP contribution in [0.25, 0.3) is 0 Å². The van der Waals surface area contributed by atoms with Crippen molar-refractivity contribution >= 4 is 7.26 Å². The van der Waals surface area contributed by atoms with E-state index in [0.29, 0.717) is 0 Å². The largest absolute Gasteiger partial charge is 0.450 e. The molecule has 0 atom stereocenters. The van der Waals surface area contributed by atoms with Crippen molar-refractivity contribution in [3.05, 3.63) is 18.7 Å². The zero-order chi connectivity index (χ0) is 27.8. The minimum atomic E-state index is -0.697. The van der Waals surface area contributed by atoms with Crippen LogP contribution in [0.15, 0.2) is 18.7 Å². The van der Waals surface area contributed by atoms with Crippen molar-refractivity contribution < 1.29 is 0 Å². The van der Waals surface area contributed by atoms with Gasteiger partial charge in [0.2, 0.25) is 0 Å². The van der Waals surface area contributed by atoms with Crippen molar-refractivity contribution in [1.82, 2.24) is 9.97 Å². The summed E-state index contributed by atoms with van der Waals surface area (Å²) in [5.74, 6) is 0. The minimum Gasteiger partial charge on any atom is -0.450 e. The van der Waals surface area contributed by atoms with Gasteiger partial charge in [-0.2, -0.15) is 0 Å². The Morgan fingerprint density at radius 3 is 0.947 bits per heavy atom. The number of unbranched alkanes of at least 4 members (excludes halogenated alkanes) is 20. The van der Waals surface area contributed by atoms with Crippen molar-refractivity contribution in [3.8, 4) is 0 Å². The lowest BCUT2D eigenvalue weighted by Gasteiger charge is -2.28. The average molecular weight is 551 g/mol. The smallest absolute Gasteiger partial charge is 0.0594 e. The Hall–Kier alpha value is -0.360.